The van der Waals surface area contributed by atoms with Crippen molar-refractivity contribution in [2.45, 2.75) is 58.0 Å². The van der Waals surface area contributed by atoms with Crippen molar-refractivity contribution in [2.75, 3.05) is 5.01 Å². The lowest BCUT2D eigenvalue weighted by molar-refractivity contribution is 0.110. The van der Waals surface area contributed by atoms with E-state index in [9.17, 15) is 9.18 Å². The van der Waals surface area contributed by atoms with Crippen molar-refractivity contribution in [3.63, 3.8) is 0 Å². The quantitative estimate of drug-likeness (QED) is 0.795. The largest absolute Gasteiger partial charge is 0.296 e. The van der Waals surface area contributed by atoms with E-state index in [1.165, 1.54) is 12.1 Å². The van der Waals surface area contributed by atoms with Crippen molar-refractivity contribution < 1.29 is 9.18 Å². The van der Waals surface area contributed by atoms with Crippen LogP contribution in [0.2, 0.25) is 0 Å². The van der Waals surface area contributed by atoms with Crippen molar-refractivity contribution in [3.8, 4) is 0 Å². The van der Waals surface area contributed by atoms with Crippen LogP contribution >= 0.6 is 0 Å². The Bertz CT molecular complexity index is 717. The van der Waals surface area contributed by atoms with Gasteiger partial charge in [0.15, 0.2) is 6.29 Å². The second-order valence-electron chi connectivity index (χ2n) is 7.34. The summed E-state index contributed by atoms with van der Waals surface area (Å²) in [6.07, 6.45) is 3.97. The topological polar surface area (TPSA) is 38.1 Å². The number of nitrogens with zero attached hydrogens (tertiary/aromatic N) is 3. The number of hydrogen-bond acceptors (Lipinski definition) is 3. The molecule has 1 aliphatic rings. The Morgan fingerprint density at radius 1 is 1.18 bits per heavy atom. The van der Waals surface area contributed by atoms with Crippen molar-refractivity contribution in [2.24, 2.45) is 0 Å². The van der Waals surface area contributed by atoms with Crippen LogP contribution in [-0.2, 0) is 0 Å². The third-order valence-corrected chi connectivity index (χ3v) is 4.68. The number of piperidine rings is 1. The van der Waals surface area contributed by atoms with Gasteiger partial charge in [0.2, 0.25) is 0 Å². The third-order valence-electron chi connectivity index (χ3n) is 4.68. The minimum absolute atomic E-state index is 0.125. The summed E-state index contributed by atoms with van der Waals surface area (Å²) in [6.45, 7) is 8.65. The van der Waals surface area contributed by atoms with E-state index in [0.717, 1.165) is 25.5 Å². The predicted octanol–water partition coefficient (Wildman–Crippen LogP) is 3.67. The van der Waals surface area contributed by atoms with Crippen molar-refractivity contribution in [3.05, 3.63) is 29.7 Å². The van der Waals surface area contributed by atoms with Gasteiger partial charge in [0.1, 0.15) is 11.5 Å². The summed E-state index contributed by atoms with van der Waals surface area (Å²) in [5, 5.41) is 7.32. The molecule has 0 unspecified atom stereocenters. The van der Waals surface area contributed by atoms with Gasteiger partial charge < -0.3 is 0 Å². The van der Waals surface area contributed by atoms with Gasteiger partial charge in [-0.15, -0.1) is 0 Å². The van der Waals surface area contributed by atoms with E-state index < -0.39 is 0 Å². The van der Waals surface area contributed by atoms with Crippen LogP contribution in [0.1, 0.15) is 57.4 Å². The van der Waals surface area contributed by atoms with Crippen LogP contribution in [0.15, 0.2) is 18.2 Å². The Kier molecular flexibility index (Phi) is 3.27. The minimum atomic E-state index is -0.354. The molecule has 0 amide bonds. The molecule has 4 nitrogen and oxygen atoms in total. The Morgan fingerprint density at radius 2 is 1.82 bits per heavy atom. The van der Waals surface area contributed by atoms with Gasteiger partial charge in [0.05, 0.1) is 16.6 Å². The van der Waals surface area contributed by atoms with E-state index in [-0.39, 0.29) is 16.9 Å². The van der Waals surface area contributed by atoms with Gasteiger partial charge in [-0.25, -0.2) is 4.39 Å². The summed E-state index contributed by atoms with van der Waals surface area (Å²) in [7, 11) is 0. The molecular weight excluding hydrogens is 281 g/mol. The number of halogens is 1. The first-order valence-electron chi connectivity index (χ1n) is 7.70. The van der Waals surface area contributed by atoms with E-state index in [2.05, 4.69) is 37.8 Å². The number of benzene rings is 1. The van der Waals surface area contributed by atoms with Crippen molar-refractivity contribution in [1.29, 1.82) is 0 Å². The Labute approximate surface area is 129 Å². The second-order valence-corrected chi connectivity index (χ2v) is 7.34. The van der Waals surface area contributed by atoms with Crippen molar-refractivity contribution in [1.82, 2.24) is 9.89 Å². The zero-order chi connectivity index (χ0) is 16.1. The Hall–Kier alpha value is -1.91. The van der Waals surface area contributed by atoms with E-state index in [4.69, 9.17) is 0 Å². The molecule has 1 saturated heterocycles. The molecule has 0 bridgehead atoms. The first-order valence-corrected chi connectivity index (χ1v) is 7.70. The van der Waals surface area contributed by atoms with Crippen LogP contribution in [0.25, 0.3) is 10.9 Å². The van der Waals surface area contributed by atoms with Gasteiger partial charge >= 0.3 is 0 Å². The average molecular weight is 303 g/mol. The molecule has 2 aromatic rings. The number of aromatic nitrogens is 2. The molecule has 1 fully saturated rings. The van der Waals surface area contributed by atoms with Gasteiger partial charge in [-0.05, 0) is 65.2 Å². The number of aldehydes is 1. The molecule has 0 atom stereocenters. The maximum absolute atomic E-state index is 13.5. The first-order chi connectivity index (χ1) is 10.3. The molecule has 22 heavy (non-hydrogen) atoms. The molecule has 0 aliphatic carbocycles. The average Bonchev–Trinajstić information content (AvgIpc) is 2.73. The molecular formula is C17H22FN3O. The summed E-state index contributed by atoms with van der Waals surface area (Å²) >= 11 is 0. The Morgan fingerprint density at radius 3 is 2.41 bits per heavy atom. The van der Waals surface area contributed by atoms with Crippen LogP contribution in [0.3, 0.4) is 0 Å². The number of carbonyl (C=O) groups is 1. The van der Waals surface area contributed by atoms with Crippen molar-refractivity contribution >= 4 is 17.2 Å². The summed E-state index contributed by atoms with van der Waals surface area (Å²) in [4.78, 5) is 13.4. The van der Waals surface area contributed by atoms with Crippen LogP contribution < -0.4 is 5.01 Å². The van der Waals surface area contributed by atoms with Crippen LogP contribution in [0.5, 0.6) is 0 Å². The lowest BCUT2D eigenvalue weighted by atomic mass is 9.81. The minimum Gasteiger partial charge on any atom is -0.296 e. The zero-order valence-electron chi connectivity index (χ0n) is 13.6. The van der Waals surface area contributed by atoms with Gasteiger partial charge in [-0.1, -0.05) is 0 Å². The molecule has 3 rings (SSSR count). The van der Waals surface area contributed by atoms with Crippen LogP contribution in [0.4, 0.5) is 4.39 Å². The molecule has 0 N–H and O–H groups in total. The predicted molar refractivity (Wildman–Crippen MR) is 85.3 cm³/mol. The fraction of sp³-hybridized carbons (Fsp3) is 0.529. The van der Waals surface area contributed by atoms with E-state index in [0.29, 0.717) is 16.6 Å². The molecule has 0 spiro atoms. The summed E-state index contributed by atoms with van der Waals surface area (Å²) in [6, 6.07) is 4.38. The number of fused-ring (bicyclic) bond motifs is 1. The van der Waals surface area contributed by atoms with Gasteiger partial charge in [-0.3, -0.25) is 9.80 Å². The molecule has 5 heteroatoms. The standard InChI is InChI=1S/C17H22FN3O/c1-16(2)8-5-9-17(3,4)21(16)20-15(11-22)13-10-12(18)6-7-14(13)19-20/h6-7,10-11H,5,8-9H2,1-4H3. The molecule has 118 valence electrons. The molecule has 1 aliphatic heterocycles. The highest BCUT2D eigenvalue weighted by atomic mass is 19.1. The molecule has 1 aromatic heterocycles. The van der Waals surface area contributed by atoms with E-state index in [1.807, 2.05) is 0 Å². The molecule has 1 aromatic carbocycles. The van der Waals surface area contributed by atoms with Gasteiger partial charge in [0.25, 0.3) is 0 Å². The summed E-state index contributed by atoms with van der Waals surface area (Å²) < 4.78 is 13.5. The lowest BCUT2D eigenvalue weighted by Crippen LogP contribution is -2.64. The SMILES string of the molecule is CC1(C)CCCC(C)(C)N1n1nc2ccc(F)cc2c1C=O. The summed E-state index contributed by atoms with van der Waals surface area (Å²) in [5.74, 6) is -0.354. The normalized spacial score (nSPS) is 20.3. The monoisotopic (exact) mass is 303 g/mol. The smallest absolute Gasteiger partial charge is 0.170 e. The number of hydrogen-bond donors (Lipinski definition) is 0. The summed E-state index contributed by atoms with van der Waals surface area (Å²) in [5.41, 5.74) is 0.804. The van der Waals surface area contributed by atoms with Gasteiger partial charge in [0, 0.05) is 5.39 Å². The van der Waals surface area contributed by atoms with Gasteiger partial charge in [-0.2, -0.15) is 9.89 Å². The molecule has 0 saturated carbocycles. The van der Waals surface area contributed by atoms with Crippen LogP contribution in [0, 0.1) is 5.82 Å². The first kappa shape index (κ1) is 15.0. The van der Waals surface area contributed by atoms with Crippen LogP contribution in [-0.4, -0.2) is 27.3 Å². The molecule has 0 radical (unpaired) electrons. The van der Waals surface area contributed by atoms with E-state index in [1.54, 1.807) is 10.9 Å². The maximum Gasteiger partial charge on any atom is 0.170 e. The zero-order valence-corrected chi connectivity index (χ0v) is 13.6. The number of carbonyl (C=O) groups excluding carboxylic acids is 1. The highest BCUT2D eigenvalue weighted by molar-refractivity contribution is 5.95. The fourth-order valence-electron chi connectivity index (χ4n) is 3.82. The Balaban J connectivity index is 2.25. The lowest BCUT2D eigenvalue weighted by Gasteiger charge is -2.53. The number of rotatable bonds is 2. The highest BCUT2D eigenvalue weighted by Crippen LogP contribution is 2.37. The molecule has 2 heterocycles. The third kappa shape index (κ3) is 2.19. The highest BCUT2D eigenvalue weighted by Gasteiger charge is 2.43. The fourth-order valence-corrected chi connectivity index (χ4v) is 3.82. The maximum atomic E-state index is 13.5. The van der Waals surface area contributed by atoms with E-state index >= 15 is 0 Å². The second kappa shape index (κ2) is 4.80.